The number of benzene rings is 2. The normalized spacial score (nSPS) is 18.2. The van der Waals surface area contributed by atoms with Crippen LogP contribution in [-0.2, 0) is 14.3 Å². The van der Waals surface area contributed by atoms with Crippen molar-refractivity contribution in [3.05, 3.63) is 88.3 Å². The van der Waals surface area contributed by atoms with E-state index in [0.717, 1.165) is 17.8 Å². The summed E-state index contributed by atoms with van der Waals surface area (Å²) in [5, 5.41) is 3.16. The number of allylic oxidation sites excluding steroid dienone is 3. The van der Waals surface area contributed by atoms with Crippen molar-refractivity contribution >= 4 is 11.8 Å². The molecule has 0 bridgehead atoms. The van der Waals surface area contributed by atoms with Crippen molar-refractivity contribution in [2.75, 3.05) is 13.2 Å². The van der Waals surface area contributed by atoms with Gasteiger partial charge in [-0.15, -0.1) is 0 Å². The highest BCUT2D eigenvalue weighted by atomic mass is 19.2. The highest BCUT2D eigenvalue weighted by Gasteiger charge is 2.39. The number of carbonyl (C=O) groups is 2. The number of ketones is 1. The summed E-state index contributed by atoms with van der Waals surface area (Å²) in [6.45, 7) is 1.86. The molecule has 1 aliphatic heterocycles. The van der Waals surface area contributed by atoms with Gasteiger partial charge in [0.2, 0.25) is 0 Å². The maximum atomic E-state index is 14.0. The Morgan fingerprint density at radius 3 is 2.59 bits per heavy atom. The fraction of sp³-hybridized carbons (Fsp3) is 0.280. The first kappa shape index (κ1) is 21.7. The van der Waals surface area contributed by atoms with Crippen LogP contribution in [0.15, 0.2) is 71.1 Å². The fourth-order valence-corrected chi connectivity index (χ4v) is 4.17. The van der Waals surface area contributed by atoms with Crippen LogP contribution in [0.5, 0.6) is 5.75 Å². The lowest BCUT2D eigenvalue weighted by atomic mass is 9.75. The van der Waals surface area contributed by atoms with E-state index in [-0.39, 0.29) is 24.6 Å². The number of ether oxygens (including phenoxy) is 2. The number of hydrogen-bond donors (Lipinski definition) is 1. The fourth-order valence-electron chi connectivity index (χ4n) is 4.17. The van der Waals surface area contributed by atoms with E-state index in [4.69, 9.17) is 9.47 Å². The maximum Gasteiger partial charge on any atom is 0.336 e. The minimum atomic E-state index is -1.03. The molecule has 1 heterocycles. The quantitative estimate of drug-likeness (QED) is 0.528. The number of dihydropyridines is 1. The number of carbonyl (C=O) groups excluding carboxylic acids is 2. The first-order valence-corrected chi connectivity index (χ1v) is 10.5. The Morgan fingerprint density at radius 1 is 1.06 bits per heavy atom. The van der Waals surface area contributed by atoms with Crippen molar-refractivity contribution in [3.8, 4) is 5.75 Å². The van der Waals surface area contributed by atoms with Crippen LogP contribution >= 0.6 is 0 Å². The number of Topliss-reactive ketones (excluding diaryl/α,β-unsaturated/α-hetero) is 1. The Bertz CT molecular complexity index is 1110. The zero-order chi connectivity index (χ0) is 22.7. The summed E-state index contributed by atoms with van der Waals surface area (Å²) in [7, 11) is 0. The summed E-state index contributed by atoms with van der Waals surface area (Å²) < 4.78 is 38.6. The number of para-hydroxylation sites is 1. The van der Waals surface area contributed by atoms with E-state index in [1.807, 2.05) is 18.2 Å². The van der Waals surface area contributed by atoms with Crippen LogP contribution < -0.4 is 10.1 Å². The van der Waals surface area contributed by atoms with Crippen LogP contribution in [0, 0.1) is 11.6 Å². The molecule has 166 valence electrons. The van der Waals surface area contributed by atoms with E-state index < -0.39 is 23.5 Å². The van der Waals surface area contributed by atoms with Gasteiger partial charge >= 0.3 is 5.97 Å². The average molecular weight is 439 g/mol. The Balaban J connectivity index is 1.58. The predicted molar refractivity (Wildman–Crippen MR) is 114 cm³/mol. The van der Waals surface area contributed by atoms with Crippen molar-refractivity contribution in [3.63, 3.8) is 0 Å². The highest BCUT2D eigenvalue weighted by molar-refractivity contribution is 6.03. The molecule has 4 rings (SSSR count). The summed E-state index contributed by atoms with van der Waals surface area (Å²) in [4.78, 5) is 25.9. The first-order chi connectivity index (χ1) is 15.5. The molecule has 1 atom stereocenters. The zero-order valence-electron chi connectivity index (χ0n) is 17.6. The lowest BCUT2D eigenvalue weighted by Crippen LogP contribution is -2.34. The van der Waals surface area contributed by atoms with Crippen LogP contribution in [0.3, 0.4) is 0 Å². The van der Waals surface area contributed by atoms with Gasteiger partial charge in [-0.3, -0.25) is 4.79 Å². The summed E-state index contributed by atoms with van der Waals surface area (Å²) >= 11 is 0. The zero-order valence-corrected chi connectivity index (χ0v) is 17.6. The molecule has 2 aliphatic rings. The standard InChI is InChI=1S/C25H23F2NO4/c1-15-22(25(30)32-13-12-31-17-6-3-2-4-7-17)23(16-10-11-18(26)19(27)14-16)24-20(28-15)8-5-9-21(24)29/h2-4,6-7,10-11,14,23,28H,5,8-9,12-13H2,1H3/t23-/m1/s1. The minimum Gasteiger partial charge on any atom is -0.490 e. The predicted octanol–water partition coefficient (Wildman–Crippen LogP) is 4.55. The van der Waals surface area contributed by atoms with Gasteiger partial charge < -0.3 is 14.8 Å². The molecular formula is C25H23F2NO4. The van der Waals surface area contributed by atoms with Gasteiger partial charge in [0.25, 0.3) is 0 Å². The second-order valence-corrected chi connectivity index (χ2v) is 7.74. The summed E-state index contributed by atoms with van der Waals surface area (Å²) in [6, 6.07) is 12.6. The minimum absolute atomic E-state index is 0.00510. The third-order valence-electron chi connectivity index (χ3n) is 5.60. The molecule has 32 heavy (non-hydrogen) atoms. The third kappa shape index (κ3) is 4.42. The average Bonchev–Trinajstić information content (AvgIpc) is 2.78. The van der Waals surface area contributed by atoms with Gasteiger partial charge in [-0.2, -0.15) is 0 Å². The molecule has 1 aliphatic carbocycles. The van der Waals surface area contributed by atoms with Crippen LogP contribution in [0.25, 0.3) is 0 Å². The summed E-state index contributed by atoms with van der Waals surface area (Å²) in [6.07, 6.45) is 1.68. The van der Waals surface area contributed by atoms with Gasteiger partial charge in [-0.1, -0.05) is 24.3 Å². The van der Waals surface area contributed by atoms with Crippen molar-refractivity contribution in [1.29, 1.82) is 0 Å². The van der Waals surface area contributed by atoms with Crippen molar-refractivity contribution < 1.29 is 27.8 Å². The highest BCUT2D eigenvalue weighted by Crippen LogP contribution is 2.42. The van der Waals surface area contributed by atoms with Crippen molar-refractivity contribution in [2.45, 2.75) is 32.1 Å². The Kier molecular flexibility index (Phi) is 6.35. The van der Waals surface area contributed by atoms with Gasteiger partial charge in [0.05, 0.1) is 5.57 Å². The first-order valence-electron chi connectivity index (χ1n) is 10.5. The van der Waals surface area contributed by atoms with E-state index in [1.165, 1.54) is 6.07 Å². The van der Waals surface area contributed by atoms with Gasteiger partial charge in [0.1, 0.15) is 19.0 Å². The number of esters is 1. The third-order valence-corrected chi connectivity index (χ3v) is 5.60. The lowest BCUT2D eigenvalue weighted by molar-refractivity contribution is -0.140. The van der Waals surface area contributed by atoms with Gasteiger partial charge in [-0.05, 0) is 49.6 Å². The topological polar surface area (TPSA) is 64.6 Å². The molecule has 0 saturated heterocycles. The van der Waals surface area contributed by atoms with E-state index in [2.05, 4.69) is 5.32 Å². The Labute approximate surface area is 184 Å². The molecule has 2 aromatic rings. The molecular weight excluding hydrogens is 416 g/mol. The molecule has 0 aromatic heterocycles. The number of nitrogens with one attached hydrogen (secondary N) is 1. The summed E-state index contributed by atoms with van der Waals surface area (Å²) in [5.41, 5.74) is 2.21. The largest absolute Gasteiger partial charge is 0.490 e. The molecule has 0 spiro atoms. The van der Waals surface area contributed by atoms with Gasteiger partial charge in [0.15, 0.2) is 17.4 Å². The van der Waals surface area contributed by atoms with Crippen LogP contribution in [0.1, 0.15) is 37.7 Å². The molecule has 2 aromatic carbocycles. The molecule has 1 N–H and O–H groups in total. The molecule has 7 heteroatoms. The van der Waals surface area contributed by atoms with E-state index in [9.17, 15) is 18.4 Å². The lowest BCUT2D eigenvalue weighted by Gasteiger charge is -2.34. The molecule has 0 amide bonds. The molecule has 0 unspecified atom stereocenters. The molecule has 5 nitrogen and oxygen atoms in total. The van der Waals surface area contributed by atoms with Crippen molar-refractivity contribution in [1.82, 2.24) is 5.32 Å². The van der Waals surface area contributed by atoms with E-state index in [0.29, 0.717) is 41.8 Å². The van der Waals surface area contributed by atoms with Crippen molar-refractivity contribution in [2.24, 2.45) is 0 Å². The Morgan fingerprint density at radius 2 is 1.84 bits per heavy atom. The van der Waals surface area contributed by atoms with E-state index in [1.54, 1.807) is 19.1 Å². The van der Waals surface area contributed by atoms with Crippen LogP contribution in [-0.4, -0.2) is 25.0 Å². The van der Waals surface area contributed by atoms with Gasteiger partial charge in [0, 0.05) is 29.3 Å². The molecule has 0 radical (unpaired) electrons. The number of hydrogen-bond acceptors (Lipinski definition) is 5. The number of rotatable bonds is 6. The second-order valence-electron chi connectivity index (χ2n) is 7.74. The smallest absolute Gasteiger partial charge is 0.336 e. The van der Waals surface area contributed by atoms with Gasteiger partial charge in [-0.25, -0.2) is 13.6 Å². The SMILES string of the molecule is CC1=C(C(=O)OCCOc2ccccc2)[C@@H](c2ccc(F)c(F)c2)C2=C(CCCC2=O)N1. The van der Waals surface area contributed by atoms with E-state index >= 15 is 0 Å². The monoisotopic (exact) mass is 439 g/mol. The van der Waals surface area contributed by atoms with Crippen LogP contribution in [0.2, 0.25) is 0 Å². The number of halogens is 2. The summed E-state index contributed by atoms with van der Waals surface area (Å²) in [5.74, 6) is -2.94. The molecule has 0 fully saturated rings. The second kappa shape index (κ2) is 9.34. The Hall–Kier alpha value is -3.48. The maximum absolute atomic E-state index is 14.0. The molecule has 0 saturated carbocycles. The van der Waals surface area contributed by atoms with Crippen LogP contribution in [0.4, 0.5) is 8.78 Å².